The maximum absolute atomic E-state index is 12.4. The third-order valence-corrected chi connectivity index (χ3v) is 5.45. The van der Waals surface area contributed by atoms with Crippen molar-refractivity contribution in [3.63, 3.8) is 0 Å². The van der Waals surface area contributed by atoms with Crippen LogP contribution in [0.3, 0.4) is 0 Å². The van der Waals surface area contributed by atoms with Gasteiger partial charge in [-0.3, -0.25) is 14.7 Å². The highest BCUT2D eigenvalue weighted by atomic mass is 16.2. The van der Waals surface area contributed by atoms with E-state index in [1.807, 2.05) is 24.4 Å². The zero-order valence-electron chi connectivity index (χ0n) is 14.8. The van der Waals surface area contributed by atoms with Crippen LogP contribution in [0, 0.1) is 5.41 Å². The Hall–Kier alpha value is -1.68. The highest BCUT2D eigenvalue weighted by Crippen LogP contribution is 2.38. The fourth-order valence-electron chi connectivity index (χ4n) is 4.16. The topological polar surface area (TPSA) is 36.4 Å². The van der Waals surface area contributed by atoms with Gasteiger partial charge in [0.1, 0.15) is 0 Å². The number of piperidine rings is 2. The summed E-state index contributed by atoms with van der Waals surface area (Å²) in [5, 5.41) is 0. The second-order valence-corrected chi connectivity index (χ2v) is 7.29. The Morgan fingerprint density at radius 2 is 2.21 bits per heavy atom. The van der Waals surface area contributed by atoms with Crippen molar-refractivity contribution in [2.45, 2.75) is 39.0 Å². The maximum Gasteiger partial charge on any atom is 0.222 e. The van der Waals surface area contributed by atoms with Crippen LogP contribution >= 0.6 is 0 Å². The minimum Gasteiger partial charge on any atom is -0.342 e. The van der Waals surface area contributed by atoms with Crippen LogP contribution in [0.25, 0.3) is 0 Å². The SMILES string of the molecule is C/C=C/CN1CCC[C@@]2(CCC(=O)N(CCc3ccccn3)C2)C1. The van der Waals surface area contributed by atoms with E-state index >= 15 is 0 Å². The number of carbonyl (C=O) groups excluding carboxylic acids is 1. The molecule has 0 saturated carbocycles. The van der Waals surface area contributed by atoms with Gasteiger partial charge in [0.05, 0.1) is 0 Å². The molecule has 1 aromatic rings. The monoisotopic (exact) mass is 327 g/mol. The van der Waals surface area contributed by atoms with Gasteiger partial charge in [-0.1, -0.05) is 18.2 Å². The molecule has 3 heterocycles. The first-order valence-electron chi connectivity index (χ1n) is 9.22. The van der Waals surface area contributed by atoms with Gasteiger partial charge in [0.25, 0.3) is 0 Å². The summed E-state index contributed by atoms with van der Waals surface area (Å²) in [5.41, 5.74) is 1.38. The summed E-state index contributed by atoms with van der Waals surface area (Å²) in [7, 11) is 0. The minimum atomic E-state index is 0.303. The number of allylic oxidation sites excluding steroid dienone is 1. The van der Waals surface area contributed by atoms with E-state index in [1.165, 1.54) is 19.4 Å². The molecule has 24 heavy (non-hydrogen) atoms. The molecule has 0 aliphatic carbocycles. The quantitative estimate of drug-likeness (QED) is 0.780. The average Bonchev–Trinajstić information content (AvgIpc) is 2.62. The lowest BCUT2D eigenvalue weighted by molar-refractivity contribution is -0.139. The summed E-state index contributed by atoms with van der Waals surface area (Å²) in [5.74, 6) is 0.321. The Bertz CT molecular complexity index is 572. The molecule has 3 rings (SSSR count). The molecule has 0 aromatic carbocycles. The fourth-order valence-corrected chi connectivity index (χ4v) is 4.16. The number of carbonyl (C=O) groups is 1. The first-order chi connectivity index (χ1) is 11.7. The van der Waals surface area contributed by atoms with E-state index in [-0.39, 0.29) is 0 Å². The van der Waals surface area contributed by atoms with Gasteiger partial charge in [-0.25, -0.2) is 0 Å². The van der Waals surface area contributed by atoms with Gasteiger partial charge in [0.15, 0.2) is 0 Å². The Morgan fingerprint density at radius 3 is 3.00 bits per heavy atom. The Labute approximate surface area is 145 Å². The normalized spacial score (nSPS) is 25.7. The molecule has 0 bridgehead atoms. The summed E-state index contributed by atoms with van der Waals surface area (Å²) >= 11 is 0. The fraction of sp³-hybridized carbons (Fsp3) is 0.600. The van der Waals surface area contributed by atoms with E-state index in [0.717, 1.165) is 44.7 Å². The lowest BCUT2D eigenvalue weighted by atomic mass is 9.73. The van der Waals surface area contributed by atoms with Crippen molar-refractivity contribution in [3.05, 3.63) is 42.2 Å². The highest BCUT2D eigenvalue weighted by Gasteiger charge is 2.41. The van der Waals surface area contributed by atoms with Crippen molar-refractivity contribution in [2.75, 3.05) is 32.7 Å². The minimum absolute atomic E-state index is 0.303. The number of aromatic nitrogens is 1. The molecule has 0 unspecified atom stereocenters. The predicted octanol–water partition coefficient (Wildman–Crippen LogP) is 2.90. The second kappa shape index (κ2) is 7.93. The number of likely N-dealkylation sites (tertiary alicyclic amines) is 2. The van der Waals surface area contributed by atoms with Gasteiger partial charge in [0, 0.05) is 56.3 Å². The summed E-state index contributed by atoms with van der Waals surface area (Å²) in [4.78, 5) is 21.4. The van der Waals surface area contributed by atoms with Gasteiger partial charge < -0.3 is 4.90 Å². The number of nitrogens with zero attached hydrogens (tertiary/aromatic N) is 3. The van der Waals surface area contributed by atoms with Crippen LogP contribution < -0.4 is 0 Å². The molecule has 4 heteroatoms. The molecule has 0 N–H and O–H groups in total. The van der Waals surface area contributed by atoms with Gasteiger partial charge >= 0.3 is 0 Å². The molecule has 4 nitrogen and oxygen atoms in total. The van der Waals surface area contributed by atoms with Crippen LogP contribution in [0.15, 0.2) is 36.5 Å². The summed E-state index contributed by atoms with van der Waals surface area (Å²) in [6.07, 6.45) is 11.3. The Kier molecular flexibility index (Phi) is 5.67. The van der Waals surface area contributed by atoms with E-state index in [2.05, 4.69) is 33.9 Å². The number of rotatable bonds is 5. The van der Waals surface area contributed by atoms with Crippen molar-refractivity contribution in [1.29, 1.82) is 0 Å². The van der Waals surface area contributed by atoms with E-state index in [4.69, 9.17) is 0 Å². The lowest BCUT2D eigenvalue weighted by Crippen LogP contribution is -2.54. The first-order valence-corrected chi connectivity index (χ1v) is 9.22. The molecule has 2 fully saturated rings. The largest absolute Gasteiger partial charge is 0.342 e. The van der Waals surface area contributed by atoms with Gasteiger partial charge in [-0.2, -0.15) is 0 Å². The molecule has 2 aliphatic rings. The molecule has 1 atom stereocenters. The van der Waals surface area contributed by atoms with E-state index in [1.54, 1.807) is 0 Å². The van der Waals surface area contributed by atoms with Crippen LogP contribution in [0.1, 0.15) is 38.3 Å². The van der Waals surface area contributed by atoms with Crippen LogP contribution in [0.4, 0.5) is 0 Å². The number of amides is 1. The van der Waals surface area contributed by atoms with Crippen molar-refractivity contribution in [1.82, 2.24) is 14.8 Å². The third-order valence-electron chi connectivity index (χ3n) is 5.45. The van der Waals surface area contributed by atoms with Crippen LogP contribution in [-0.2, 0) is 11.2 Å². The van der Waals surface area contributed by atoms with Crippen molar-refractivity contribution in [2.24, 2.45) is 5.41 Å². The zero-order valence-corrected chi connectivity index (χ0v) is 14.8. The molecule has 130 valence electrons. The lowest BCUT2D eigenvalue weighted by Gasteiger charge is -2.48. The second-order valence-electron chi connectivity index (χ2n) is 7.29. The molecule has 0 radical (unpaired) electrons. The van der Waals surface area contributed by atoms with Crippen LogP contribution in [0.2, 0.25) is 0 Å². The molecule has 1 aromatic heterocycles. The maximum atomic E-state index is 12.4. The molecule has 2 aliphatic heterocycles. The van der Waals surface area contributed by atoms with Crippen molar-refractivity contribution in [3.8, 4) is 0 Å². The summed E-state index contributed by atoms with van der Waals surface area (Å²) in [6, 6.07) is 6.00. The van der Waals surface area contributed by atoms with Gasteiger partial charge in [-0.15, -0.1) is 0 Å². The average molecular weight is 327 g/mol. The summed E-state index contributed by atoms with van der Waals surface area (Å²) in [6.45, 7) is 7.16. The molecule has 1 spiro atoms. The van der Waals surface area contributed by atoms with Crippen molar-refractivity contribution < 1.29 is 4.79 Å². The molecular formula is C20H29N3O. The van der Waals surface area contributed by atoms with E-state index in [9.17, 15) is 4.79 Å². The van der Waals surface area contributed by atoms with Crippen LogP contribution in [0.5, 0.6) is 0 Å². The van der Waals surface area contributed by atoms with Gasteiger partial charge in [-0.05, 0) is 44.9 Å². The standard InChI is InChI=1S/C20H29N3O/c1-2-3-13-22-14-6-10-20(16-22)11-8-19(24)23(17-20)15-9-18-7-4-5-12-21-18/h2-5,7,12H,6,8-11,13-17H2,1H3/b3-2+/t20-/m1/s1. The molecule has 2 saturated heterocycles. The Morgan fingerprint density at radius 1 is 1.29 bits per heavy atom. The molecule has 1 amide bonds. The number of pyridine rings is 1. The number of hydrogen-bond donors (Lipinski definition) is 0. The van der Waals surface area contributed by atoms with E-state index in [0.29, 0.717) is 17.7 Å². The first kappa shape index (κ1) is 17.2. The smallest absolute Gasteiger partial charge is 0.222 e. The number of hydrogen-bond acceptors (Lipinski definition) is 3. The zero-order chi connectivity index (χ0) is 16.8. The summed E-state index contributed by atoms with van der Waals surface area (Å²) < 4.78 is 0. The predicted molar refractivity (Wildman–Crippen MR) is 96.7 cm³/mol. The van der Waals surface area contributed by atoms with E-state index < -0.39 is 0 Å². The van der Waals surface area contributed by atoms with Crippen LogP contribution in [-0.4, -0.2) is 53.4 Å². The third kappa shape index (κ3) is 4.23. The highest BCUT2D eigenvalue weighted by molar-refractivity contribution is 5.77. The van der Waals surface area contributed by atoms with Gasteiger partial charge in [0.2, 0.25) is 5.91 Å². The molecular weight excluding hydrogens is 298 g/mol. The Balaban J connectivity index is 1.60. The van der Waals surface area contributed by atoms with Crippen molar-refractivity contribution >= 4 is 5.91 Å².